The molecule has 1 aliphatic rings. The molecule has 0 spiro atoms. The van der Waals surface area contributed by atoms with Crippen LogP contribution in [-0.4, -0.2) is 4.98 Å². The highest BCUT2D eigenvalue weighted by Crippen LogP contribution is 2.34. The third-order valence-corrected chi connectivity index (χ3v) is 4.15. The number of nitrogens with zero attached hydrogens (tertiary/aromatic N) is 1. The van der Waals surface area contributed by atoms with Crippen molar-refractivity contribution < 1.29 is 9.78 Å². The first kappa shape index (κ1) is 10.1. The summed E-state index contributed by atoms with van der Waals surface area (Å²) in [5.41, 5.74) is 1.22. The average molecular weight is 213 g/mol. The van der Waals surface area contributed by atoms with Crippen molar-refractivity contribution >= 4 is 11.3 Å². The molecule has 0 saturated heterocycles. The van der Waals surface area contributed by atoms with Crippen molar-refractivity contribution in [3.8, 4) is 0 Å². The normalized spacial score (nSPS) is 16.8. The first-order chi connectivity index (χ1) is 6.63. The number of fused-ring (bicyclic) bond motifs is 1. The number of rotatable bonds is 2. The van der Waals surface area contributed by atoms with Gasteiger partial charge in [0.05, 0.1) is 15.6 Å². The summed E-state index contributed by atoms with van der Waals surface area (Å²) in [6.07, 6.45) is 1.10. The van der Waals surface area contributed by atoms with Crippen molar-refractivity contribution in [2.24, 2.45) is 0 Å². The molecule has 2 heterocycles. The van der Waals surface area contributed by atoms with Gasteiger partial charge in [0.1, 0.15) is 13.2 Å². The third-order valence-electron chi connectivity index (χ3n) is 2.71. The van der Waals surface area contributed by atoms with Gasteiger partial charge in [0.25, 0.3) is 0 Å². The van der Waals surface area contributed by atoms with E-state index in [1.165, 1.54) is 9.88 Å². The van der Waals surface area contributed by atoms with Gasteiger partial charge in [0.2, 0.25) is 0 Å². The molecule has 0 saturated carbocycles. The second-order valence-electron chi connectivity index (χ2n) is 4.15. The Hall–Kier alpha value is -0.450. The molecule has 0 bridgehead atoms. The van der Waals surface area contributed by atoms with Gasteiger partial charge in [0.15, 0.2) is 0 Å². The summed E-state index contributed by atoms with van der Waals surface area (Å²) in [5, 5.41) is 1.19. The molecular formula is C10H15NO2S. The second kappa shape index (κ2) is 3.61. The summed E-state index contributed by atoms with van der Waals surface area (Å²) >= 11 is 1.75. The van der Waals surface area contributed by atoms with Crippen LogP contribution >= 0.6 is 11.3 Å². The van der Waals surface area contributed by atoms with Crippen molar-refractivity contribution in [3.05, 3.63) is 15.6 Å². The molecular weight excluding hydrogens is 198 g/mol. The lowest BCUT2D eigenvalue weighted by atomic mass is 9.91. The molecule has 0 amide bonds. The van der Waals surface area contributed by atoms with E-state index in [-0.39, 0.29) is 5.41 Å². The summed E-state index contributed by atoms with van der Waals surface area (Å²) in [6, 6.07) is 0. The van der Waals surface area contributed by atoms with Gasteiger partial charge in [-0.1, -0.05) is 20.8 Å². The Balaban J connectivity index is 2.32. The monoisotopic (exact) mass is 213 g/mol. The molecule has 0 aromatic carbocycles. The van der Waals surface area contributed by atoms with Crippen molar-refractivity contribution in [1.82, 2.24) is 4.98 Å². The predicted molar refractivity (Wildman–Crippen MR) is 55.0 cm³/mol. The molecule has 0 unspecified atom stereocenters. The van der Waals surface area contributed by atoms with E-state index in [1.807, 2.05) is 0 Å². The van der Waals surface area contributed by atoms with Gasteiger partial charge >= 0.3 is 0 Å². The predicted octanol–water partition coefficient (Wildman–Crippen LogP) is 2.79. The fourth-order valence-electron chi connectivity index (χ4n) is 1.24. The second-order valence-corrected chi connectivity index (χ2v) is 5.23. The Bertz CT molecular complexity index is 309. The fraction of sp³-hybridized carbons (Fsp3) is 0.700. The molecule has 3 nitrogen and oxygen atoms in total. The largest absolute Gasteiger partial charge is 0.243 e. The molecule has 0 radical (unpaired) electrons. The summed E-state index contributed by atoms with van der Waals surface area (Å²) in [6.45, 7) is 7.67. The number of hydrogen-bond donors (Lipinski definition) is 0. The van der Waals surface area contributed by atoms with E-state index in [2.05, 4.69) is 25.8 Å². The van der Waals surface area contributed by atoms with Gasteiger partial charge in [-0.15, -0.1) is 11.3 Å². The van der Waals surface area contributed by atoms with Gasteiger partial charge < -0.3 is 0 Å². The fourth-order valence-corrected chi connectivity index (χ4v) is 2.38. The highest BCUT2D eigenvalue weighted by molar-refractivity contribution is 7.11. The molecule has 4 heteroatoms. The van der Waals surface area contributed by atoms with Gasteiger partial charge in [-0.3, -0.25) is 0 Å². The number of aromatic nitrogens is 1. The van der Waals surface area contributed by atoms with Crippen LogP contribution in [0.2, 0.25) is 0 Å². The summed E-state index contributed by atoms with van der Waals surface area (Å²) in [5.74, 6) is 0. The topological polar surface area (TPSA) is 31.4 Å². The van der Waals surface area contributed by atoms with Gasteiger partial charge in [-0.25, -0.2) is 14.8 Å². The van der Waals surface area contributed by atoms with E-state index in [0.717, 1.165) is 12.1 Å². The average Bonchev–Trinajstić information content (AvgIpc) is 2.61. The standard InChI is InChI=1S/C10H15NO2S/c1-4-10(2,3)9-11-7-5-12-13-6-8(7)14-9/h4-6H2,1-3H3. The van der Waals surface area contributed by atoms with Crippen molar-refractivity contribution in [2.45, 2.75) is 45.8 Å². The summed E-state index contributed by atoms with van der Waals surface area (Å²) in [4.78, 5) is 15.6. The van der Waals surface area contributed by atoms with E-state index in [9.17, 15) is 0 Å². The molecule has 2 rings (SSSR count). The molecule has 14 heavy (non-hydrogen) atoms. The van der Waals surface area contributed by atoms with E-state index < -0.39 is 0 Å². The third kappa shape index (κ3) is 1.69. The first-order valence-electron chi connectivity index (χ1n) is 4.87. The lowest BCUT2D eigenvalue weighted by molar-refractivity contribution is -0.321. The van der Waals surface area contributed by atoms with Crippen LogP contribution in [0, 0.1) is 0 Å². The molecule has 1 aliphatic heterocycles. The van der Waals surface area contributed by atoms with Crippen molar-refractivity contribution in [3.63, 3.8) is 0 Å². The molecule has 0 aliphatic carbocycles. The van der Waals surface area contributed by atoms with Crippen LogP contribution in [0.3, 0.4) is 0 Å². The maximum absolute atomic E-state index is 4.93. The van der Waals surface area contributed by atoms with E-state index in [4.69, 9.17) is 9.78 Å². The molecule has 1 aromatic heterocycles. The van der Waals surface area contributed by atoms with E-state index in [0.29, 0.717) is 13.2 Å². The lowest BCUT2D eigenvalue weighted by Gasteiger charge is -2.18. The Kier molecular flexibility index (Phi) is 2.60. The first-order valence-corrected chi connectivity index (χ1v) is 5.68. The van der Waals surface area contributed by atoms with Gasteiger partial charge in [0, 0.05) is 5.41 Å². The Morgan fingerprint density at radius 2 is 2.07 bits per heavy atom. The van der Waals surface area contributed by atoms with Crippen LogP contribution in [0.4, 0.5) is 0 Å². The van der Waals surface area contributed by atoms with Gasteiger partial charge in [-0.05, 0) is 6.42 Å². The minimum absolute atomic E-state index is 0.169. The van der Waals surface area contributed by atoms with E-state index >= 15 is 0 Å². The maximum atomic E-state index is 4.93. The van der Waals surface area contributed by atoms with Crippen LogP contribution < -0.4 is 0 Å². The van der Waals surface area contributed by atoms with Crippen LogP contribution in [0.15, 0.2) is 0 Å². The molecule has 0 atom stereocenters. The van der Waals surface area contributed by atoms with Crippen molar-refractivity contribution in [1.29, 1.82) is 0 Å². The molecule has 0 N–H and O–H groups in total. The molecule has 0 fully saturated rings. The minimum atomic E-state index is 0.169. The Labute approximate surface area is 88.0 Å². The van der Waals surface area contributed by atoms with Crippen LogP contribution in [0.5, 0.6) is 0 Å². The Morgan fingerprint density at radius 3 is 2.71 bits per heavy atom. The zero-order chi connectivity index (χ0) is 10.2. The van der Waals surface area contributed by atoms with E-state index in [1.54, 1.807) is 11.3 Å². The molecule has 1 aromatic rings. The van der Waals surface area contributed by atoms with Gasteiger partial charge in [-0.2, -0.15) is 0 Å². The van der Waals surface area contributed by atoms with Crippen LogP contribution in [-0.2, 0) is 28.4 Å². The zero-order valence-electron chi connectivity index (χ0n) is 8.79. The maximum Gasteiger partial charge on any atom is 0.125 e. The highest BCUT2D eigenvalue weighted by Gasteiger charge is 2.26. The zero-order valence-corrected chi connectivity index (χ0v) is 9.61. The Morgan fingerprint density at radius 1 is 1.36 bits per heavy atom. The lowest BCUT2D eigenvalue weighted by Crippen LogP contribution is -2.15. The van der Waals surface area contributed by atoms with Crippen LogP contribution in [0.25, 0.3) is 0 Å². The molecule has 78 valence electrons. The smallest absolute Gasteiger partial charge is 0.125 e. The summed E-state index contributed by atoms with van der Waals surface area (Å²) in [7, 11) is 0. The SMILES string of the molecule is CCC(C)(C)c1nc2c(s1)COOC2. The number of thiazole rings is 1. The van der Waals surface area contributed by atoms with Crippen LogP contribution in [0.1, 0.15) is 42.8 Å². The van der Waals surface area contributed by atoms with Crippen molar-refractivity contribution in [2.75, 3.05) is 0 Å². The number of hydrogen-bond acceptors (Lipinski definition) is 4. The minimum Gasteiger partial charge on any atom is -0.243 e. The summed E-state index contributed by atoms with van der Waals surface area (Å²) < 4.78 is 0. The quantitative estimate of drug-likeness (QED) is 0.708. The highest BCUT2D eigenvalue weighted by atomic mass is 32.1.